The Balaban J connectivity index is 3.11. The fraction of sp³-hybridized carbons (Fsp3) is 1.00. The molecule has 0 aliphatic rings. The van der Waals surface area contributed by atoms with Gasteiger partial charge in [-0.1, -0.05) is 174 Å². The standard InChI is InChI=1S/C30H62O/c1-3-5-7-9-11-13-14-15-16-17-18-19-20-21-23-25-27-29-30(31)28-26-24-22-12-10-8-6-4-2/h30-31H,3-29H2,1-2H3/t30-/m1/s1. The van der Waals surface area contributed by atoms with Gasteiger partial charge in [-0.2, -0.15) is 0 Å². The third-order valence-electron chi connectivity index (χ3n) is 7.03. The average molecular weight is 439 g/mol. The van der Waals surface area contributed by atoms with Gasteiger partial charge < -0.3 is 5.11 Å². The highest BCUT2D eigenvalue weighted by Gasteiger charge is 2.03. The second-order valence-corrected chi connectivity index (χ2v) is 10.4. The van der Waals surface area contributed by atoms with E-state index in [2.05, 4.69) is 13.8 Å². The largest absolute Gasteiger partial charge is 0.393 e. The molecule has 0 aliphatic heterocycles. The van der Waals surface area contributed by atoms with Crippen LogP contribution < -0.4 is 0 Å². The van der Waals surface area contributed by atoms with Gasteiger partial charge in [-0.15, -0.1) is 0 Å². The number of hydrogen-bond donors (Lipinski definition) is 1. The molecule has 0 radical (unpaired) electrons. The summed E-state index contributed by atoms with van der Waals surface area (Å²) in [5, 5.41) is 10.1. The first kappa shape index (κ1) is 31.0. The number of hydrogen-bond acceptors (Lipinski definition) is 1. The molecule has 0 aromatic carbocycles. The van der Waals surface area contributed by atoms with Gasteiger partial charge in [0.15, 0.2) is 0 Å². The molecule has 0 bridgehead atoms. The summed E-state index contributed by atoms with van der Waals surface area (Å²) in [6, 6.07) is 0. The summed E-state index contributed by atoms with van der Waals surface area (Å²) in [5.74, 6) is 0. The molecule has 0 rings (SSSR count). The van der Waals surface area contributed by atoms with Crippen LogP contribution in [0.5, 0.6) is 0 Å². The number of aliphatic hydroxyl groups excluding tert-OH is 1. The maximum atomic E-state index is 10.1. The Kier molecular flexibility index (Phi) is 28.0. The maximum absolute atomic E-state index is 10.1. The molecule has 0 amide bonds. The van der Waals surface area contributed by atoms with Gasteiger partial charge in [-0.3, -0.25) is 0 Å². The van der Waals surface area contributed by atoms with Crippen LogP contribution in [0.4, 0.5) is 0 Å². The Bertz CT molecular complexity index is 301. The molecule has 188 valence electrons. The third kappa shape index (κ3) is 27.9. The van der Waals surface area contributed by atoms with E-state index in [0.717, 1.165) is 12.8 Å². The van der Waals surface area contributed by atoms with Crippen molar-refractivity contribution in [3.63, 3.8) is 0 Å². The second-order valence-electron chi connectivity index (χ2n) is 10.4. The second kappa shape index (κ2) is 28.0. The maximum Gasteiger partial charge on any atom is 0.0540 e. The molecule has 0 saturated carbocycles. The molecule has 1 N–H and O–H groups in total. The van der Waals surface area contributed by atoms with Gasteiger partial charge in [-0.25, -0.2) is 0 Å². The molecule has 0 fully saturated rings. The van der Waals surface area contributed by atoms with Crippen LogP contribution in [-0.2, 0) is 0 Å². The van der Waals surface area contributed by atoms with Crippen LogP contribution in [0, 0.1) is 0 Å². The van der Waals surface area contributed by atoms with Crippen molar-refractivity contribution in [2.45, 2.75) is 193 Å². The van der Waals surface area contributed by atoms with Crippen LogP contribution in [0.2, 0.25) is 0 Å². The SMILES string of the molecule is CCCCCCCCCCCCCCCCCCC[C@H](O)CCCCCCCCCC. The van der Waals surface area contributed by atoms with Crippen LogP contribution >= 0.6 is 0 Å². The molecule has 0 aliphatic carbocycles. The lowest BCUT2D eigenvalue weighted by molar-refractivity contribution is 0.147. The molecule has 31 heavy (non-hydrogen) atoms. The predicted molar refractivity (Wildman–Crippen MR) is 142 cm³/mol. The van der Waals surface area contributed by atoms with Crippen LogP contribution in [-0.4, -0.2) is 11.2 Å². The fourth-order valence-corrected chi connectivity index (χ4v) is 4.76. The van der Waals surface area contributed by atoms with Gasteiger partial charge in [0.1, 0.15) is 0 Å². The van der Waals surface area contributed by atoms with Crippen molar-refractivity contribution < 1.29 is 5.11 Å². The zero-order valence-electron chi connectivity index (χ0n) is 22.1. The minimum Gasteiger partial charge on any atom is -0.393 e. The number of rotatable bonds is 27. The van der Waals surface area contributed by atoms with Crippen LogP contribution in [0.25, 0.3) is 0 Å². The molecule has 1 nitrogen and oxygen atoms in total. The minimum absolute atomic E-state index is 0.0311. The van der Waals surface area contributed by atoms with E-state index < -0.39 is 0 Å². The van der Waals surface area contributed by atoms with Gasteiger partial charge in [0, 0.05) is 0 Å². The van der Waals surface area contributed by atoms with E-state index in [1.165, 1.54) is 161 Å². The first-order chi connectivity index (χ1) is 15.3. The van der Waals surface area contributed by atoms with Crippen LogP contribution in [0.1, 0.15) is 187 Å². The third-order valence-corrected chi connectivity index (χ3v) is 7.03. The molecule has 1 atom stereocenters. The van der Waals surface area contributed by atoms with Gasteiger partial charge in [0.2, 0.25) is 0 Å². The Morgan fingerprint density at radius 2 is 0.516 bits per heavy atom. The lowest BCUT2D eigenvalue weighted by atomic mass is 10.0. The van der Waals surface area contributed by atoms with Crippen molar-refractivity contribution in [3.05, 3.63) is 0 Å². The molecule has 0 aromatic rings. The van der Waals surface area contributed by atoms with E-state index in [1.54, 1.807) is 0 Å². The number of unbranched alkanes of at least 4 members (excludes halogenated alkanes) is 23. The van der Waals surface area contributed by atoms with E-state index in [1.807, 2.05) is 0 Å². The van der Waals surface area contributed by atoms with Gasteiger partial charge in [0.25, 0.3) is 0 Å². The van der Waals surface area contributed by atoms with Crippen LogP contribution in [0.15, 0.2) is 0 Å². The molecule has 0 aromatic heterocycles. The fourth-order valence-electron chi connectivity index (χ4n) is 4.76. The lowest BCUT2D eigenvalue weighted by Gasteiger charge is -2.10. The summed E-state index contributed by atoms with van der Waals surface area (Å²) in [6.07, 6.45) is 37.1. The summed E-state index contributed by atoms with van der Waals surface area (Å²) >= 11 is 0. The molecule has 0 heterocycles. The van der Waals surface area contributed by atoms with Crippen molar-refractivity contribution in [3.8, 4) is 0 Å². The van der Waals surface area contributed by atoms with Crippen molar-refractivity contribution in [1.82, 2.24) is 0 Å². The average Bonchev–Trinajstić information content (AvgIpc) is 2.77. The summed E-state index contributed by atoms with van der Waals surface area (Å²) in [7, 11) is 0. The first-order valence-corrected chi connectivity index (χ1v) is 15.0. The number of aliphatic hydroxyl groups is 1. The van der Waals surface area contributed by atoms with Gasteiger partial charge in [0.05, 0.1) is 6.10 Å². The highest BCUT2D eigenvalue weighted by molar-refractivity contribution is 4.58. The van der Waals surface area contributed by atoms with Crippen LogP contribution in [0.3, 0.4) is 0 Å². The smallest absolute Gasteiger partial charge is 0.0540 e. The Morgan fingerprint density at radius 1 is 0.323 bits per heavy atom. The van der Waals surface area contributed by atoms with Crippen molar-refractivity contribution in [2.75, 3.05) is 0 Å². The zero-order valence-corrected chi connectivity index (χ0v) is 22.1. The lowest BCUT2D eigenvalue weighted by Crippen LogP contribution is -2.05. The minimum atomic E-state index is -0.0311. The molecular formula is C30H62O. The monoisotopic (exact) mass is 438 g/mol. The van der Waals surface area contributed by atoms with E-state index in [9.17, 15) is 5.11 Å². The van der Waals surface area contributed by atoms with Gasteiger partial charge in [-0.05, 0) is 12.8 Å². The van der Waals surface area contributed by atoms with Gasteiger partial charge >= 0.3 is 0 Å². The Labute approximate surface area is 198 Å². The topological polar surface area (TPSA) is 20.2 Å². The molecule has 0 saturated heterocycles. The van der Waals surface area contributed by atoms with Crippen molar-refractivity contribution in [2.24, 2.45) is 0 Å². The molecular weight excluding hydrogens is 376 g/mol. The quantitative estimate of drug-likeness (QED) is 0.126. The summed E-state index contributed by atoms with van der Waals surface area (Å²) < 4.78 is 0. The van der Waals surface area contributed by atoms with E-state index in [4.69, 9.17) is 0 Å². The summed E-state index contributed by atoms with van der Waals surface area (Å²) in [4.78, 5) is 0. The normalized spacial score (nSPS) is 12.5. The predicted octanol–water partition coefficient (Wildman–Crippen LogP) is 10.9. The summed E-state index contributed by atoms with van der Waals surface area (Å²) in [6.45, 7) is 4.58. The van der Waals surface area contributed by atoms with E-state index in [0.29, 0.717) is 0 Å². The Morgan fingerprint density at radius 3 is 0.742 bits per heavy atom. The highest BCUT2D eigenvalue weighted by Crippen LogP contribution is 2.16. The summed E-state index contributed by atoms with van der Waals surface area (Å²) in [5.41, 5.74) is 0. The Hall–Kier alpha value is -0.0400. The molecule has 0 spiro atoms. The van der Waals surface area contributed by atoms with Crippen molar-refractivity contribution in [1.29, 1.82) is 0 Å². The molecule has 0 unspecified atom stereocenters. The molecule has 1 heteroatoms. The van der Waals surface area contributed by atoms with E-state index in [-0.39, 0.29) is 6.10 Å². The first-order valence-electron chi connectivity index (χ1n) is 15.0. The zero-order chi connectivity index (χ0) is 22.7. The van der Waals surface area contributed by atoms with E-state index >= 15 is 0 Å². The van der Waals surface area contributed by atoms with Crippen molar-refractivity contribution >= 4 is 0 Å². The highest BCUT2D eigenvalue weighted by atomic mass is 16.3.